The molecule has 0 aliphatic heterocycles. The van der Waals surface area contributed by atoms with Crippen LogP contribution in [0, 0.1) is 0 Å². The lowest BCUT2D eigenvalue weighted by molar-refractivity contribution is 0.670. The van der Waals surface area contributed by atoms with Crippen molar-refractivity contribution in [3.05, 3.63) is 212 Å². The number of para-hydroxylation sites is 6. The summed E-state index contributed by atoms with van der Waals surface area (Å²) in [6, 6.07) is 74.4. The van der Waals surface area contributed by atoms with Crippen LogP contribution in [0.4, 0.5) is 0 Å². The standard InChI is InChI=1S/C57H35N5O/c1-3-18-36(19-4-1)46-34-38(56-58-55(37-20-5-2-6-21-37)59-57(60-56)62-48-30-13-7-22-39(48)40-23-8-14-31-49(40)62)35-51-53(46)45-26-10-15-32-50(45)61(51)47-29-12-9-24-41(47)43-27-17-28-44-42-25-11-16-33-52(42)63-54(43)44/h1-35H. The highest BCUT2D eigenvalue weighted by Crippen LogP contribution is 2.44. The Bertz CT molecular complexity index is 3860. The van der Waals surface area contributed by atoms with E-state index in [1.807, 2.05) is 30.3 Å². The van der Waals surface area contributed by atoms with E-state index in [1.54, 1.807) is 0 Å². The number of nitrogens with zero attached hydrogens (tertiary/aromatic N) is 5. The van der Waals surface area contributed by atoms with Gasteiger partial charge >= 0.3 is 0 Å². The molecule has 6 heteroatoms. The fourth-order valence-electron chi connectivity index (χ4n) is 9.63. The molecule has 0 bridgehead atoms. The molecule has 0 aliphatic rings. The molecule has 0 aliphatic carbocycles. The van der Waals surface area contributed by atoms with Crippen molar-refractivity contribution in [2.75, 3.05) is 0 Å². The van der Waals surface area contributed by atoms with E-state index < -0.39 is 0 Å². The van der Waals surface area contributed by atoms with Crippen molar-refractivity contribution in [2.24, 2.45) is 0 Å². The molecule has 9 aromatic carbocycles. The average Bonchev–Trinajstić information content (AvgIpc) is 4.02. The molecule has 0 fully saturated rings. The van der Waals surface area contributed by atoms with Gasteiger partial charge in [0.05, 0.1) is 27.8 Å². The highest BCUT2D eigenvalue weighted by molar-refractivity contribution is 6.18. The Morgan fingerprint density at radius 2 is 0.873 bits per heavy atom. The minimum Gasteiger partial charge on any atom is -0.455 e. The molecule has 0 spiro atoms. The maximum Gasteiger partial charge on any atom is 0.238 e. The minimum absolute atomic E-state index is 0.558. The Labute approximate surface area is 361 Å². The Morgan fingerprint density at radius 1 is 0.333 bits per heavy atom. The fraction of sp³-hybridized carbons (Fsp3) is 0. The molecule has 294 valence electrons. The van der Waals surface area contributed by atoms with Crippen LogP contribution in [-0.2, 0) is 0 Å². The summed E-state index contributed by atoms with van der Waals surface area (Å²) >= 11 is 0. The van der Waals surface area contributed by atoms with E-state index in [-0.39, 0.29) is 0 Å². The van der Waals surface area contributed by atoms with Crippen molar-refractivity contribution in [1.29, 1.82) is 0 Å². The summed E-state index contributed by atoms with van der Waals surface area (Å²) in [5, 5.41) is 6.79. The van der Waals surface area contributed by atoms with E-state index in [0.717, 1.165) is 105 Å². The molecule has 0 saturated heterocycles. The Kier molecular flexibility index (Phi) is 7.80. The molecule has 0 N–H and O–H groups in total. The van der Waals surface area contributed by atoms with Gasteiger partial charge in [-0.15, -0.1) is 0 Å². The predicted octanol–water partition coefficient (Wildman–Crippen LogP) is 14.6. The van der Waals surface area contributed by atoms with Gasteiger partial charge in [0, 0.05) is 54.6 Å². The van der Waals surface area contributed by atoms with Crippen LogP contribution in [0.2, 0.25) is 0 Å². The quantitative estimate of drug-likeness (QED) is 0.168. The van der Waals surface area contributed by atoms with Crippen LogP contribution in [0.15, 0.2) is 217 Å². The van der Waals surface area contributed by atoms with Crippen LogP contribution >= 0.6 is 0 Å². The predicted molar refractivity (Wildman–Crippen MR) is 258 cm³/mol. The molecule has 0 radical (unpaired) electrons. The third kappa shape index (κ3) is 5.48. The van der Waals surface area contributed by atoms with Gasteiger partial charge in [0.15, 0.2) is 11.6 Å². The SMILES string of the molecule is c1ccc(-c2nc(-c3cc(-c4ccccc4)c4c5ccccc5n(-c5ccccc5-c5cccc6c5oc5ccccc56)c4c3)nc(-n3c4ccccc4c4ccccc43)n2)cc1. The first-order valence-corrected chi connectivity index (χ1v) is 21.2. The van der Waals surface area contributed by atoms with Gasteiger partial charge in [-0.2, -0.15) is 9.97 Å². The third-order valence-corrected chi connectivity index (χ3v) is 12.4. The van der Waals surface area contributed by atoms with Crippen molar-refractivity contribution in [3.8, 4) is 56.7 Å². The molecule has 4 aromatic heterocycles. The first-order valence-electron chi connectivity index (χ1n) is 21.2. The van der Waals surface area contributed by atoms with Crippen molar-refractivity contribution >= 4 is 65.6 Å². The van der Waals surface area contributed by atoms with E-state index in [4.69, 9.17) is 19.4 Å². The van der Waals surface area contributed by atoms with E-state index in [0.29, 0.717) is 17.6 Å². The van der Waals surface area contributed by atoms with E-state index >= 15 is 0 Å². The second kappa shape index (κ2) is 14.0. The zero-order valence-corrected chi connectivity index (χ0v) is 33.9. The molecule has 0 saturated carbocycles. The second-order valence-electron chi connectivity index (χ2n) is 16.0. The number of hydrogen-bond donors (Lipinski definition) is 0. The molecule has 4 heterocycles. The summed E-state index contributed by atoms with van der Waals surface area (Å²) < 4.78 is 11.2. The molecule has 13 aromatic rings. The zero-order chi connectivity index (χ0) is 41.4. The number of fused-ring (bicyclic) bond motifs is 9. The molecule has 0 amide bonds. The topological polar surface area (TPSA) is 61.7 Å². The van der Waals surface area contributed by atoms with Crippen LogP contribution in [-0.4, -0.2) is 24.1 Å². The van der Waals surface area contributed by atoms with Crippen molar-refractivity contribution in [1.82, 2.24) is 24.1 Å². The van der Waals surface area contributed by atoms with Crippen molar-refractivity contribution in [2.45, 2.75) is 0 Å². The number of furan rings is 1. The average molecular weight is 806 g/mol. The summed E-state index contributed by atoms with van der Waals surface area (Å²) in [7, 11) is 0. The molecule has 63 heavy (non-hydrogen) atoms. The minimum atomic E-state index is 0.558. The lowest BCUT2D eigenvalue weighted by Crippen LogP contribution is -2.06. The molecular weight excluding hydrogens is 771 g/mol. The van der Waals surface area contributed by atoms with Gasteiger partial charge in [-0.25, -0.2) is 4.98 Å². The molecule has 6 nitrogen and oxygen atoms in total. The summed E-state index contributed by atoms with van der Waals surface area (Å²) in [5.41, 5.74) is 13.1. The van der Waals surface area contributed by atoms with E-state index in [2.05, 4.69) is 191 Å². The van der Waals surface area contributed by atoms with Gasteiger partial charge in [-0.05, 0) is 53.6 Å². The largest absolute Gasteiger partial charge is 0.455 e. The van der Waals surface area contributed by atoms with Crippen LogP contribution in [0.3, 0.4) is 0 Å². The van der Waals surface area contributed by atoms with Crippen LogP contribution in [0.25, 0.3) is 122 Å². The van der Waals surface area contributed by atoms with Crippen molar-refractivity contribution in [3.63, 3.8) is 0 Å². The number of rotatable bonds is 6. The van der Waals surface area contributed by atoms with Gasteiger partial charge in [-0.3, -0.25) is 4.57 Å². The smallest absolute Gasteiger partial charge is 0.238 e. The van der Waals surface area contributed by atoms with Crippen LogP contribution in [0.5, 0.6) is 0 Å². The Hall–Kier alpha value is -8.61. The number of benzene rings is 9. The fourth-order valence-corrected chi connectivity index (χ4v) is 9.63. The molecule has 0 atom stereocenters. The Balaban J connectivity index is 1.13. The molecular formula is C57H35N5O. The first kappa shape index (κ1) is 35.2. The van der Waals surface area contributed by atoms with Crippen LogP contribution in [0.1, 0.15) is 0 Å². The van der Waals surface area contributed by atoms with Gasteiger partial charge in [0.25, 0.3) is 0 Å². The first-order chi connectivity index (χ1) is 31.3. The van der Waals surface area contributed by atoms with Gasteiger partial charge < -0.3 is 8.98 Å². The normalized spacial score (nSPS) is 11.8. The maximum absolute atomic E-state index is 6.65. The monoisotopic (exact) mass is 805 g/mol. The van der Waals surface area contributed by atoms with E-state index in [1.165, 1.54) is 0 Å². The number of aromatic nitrogens is 5. The summed E-state index contributed by atoms with van der Waals surface area (Å²) in [6.45, 7) is 0. The summed E-state index contributed by atoms with van der Waals surface area (Å²) in [5.74, 6) is 1.74. The Morgan fingerprint density at radius 3 is 1.60 bits per heavy atom. The van der Waals surface area contributed by atoms with Gasteiger partial charge in [0.2, 0.25) is 5.95 Å². The zero-order valence-electron chi connectivity index (χ0n) is 33.9. The summed E-state index contributed by atoms with van der Waals surface area (Å²) in [6.07, 6.45) is 0. The van der Waals surface area contributed by atoms with Gasteiger partial charge in [-0.1, -0.05) is 170 Å². The highest BCUT2D eigenvalue weighted by atomic mass is 16.3. The lowest BCUT2D eigenvalue weighted by Gasteiger charge is -2.16. The third-order valence-electron chi connectivity index (χ3n) is 12.4. The second-order valence-corrected chi connectivity index (χ2v) is 16.0. The lowest BCUT2D eigenvalue weighted by atomic mass is 9.96. The van der Waals surface area contributed by atoms with Crippen LogP contribution < -0.4 is 0 Å². The van der Waals surface area contributed by atoms with E-state index in [9.17, 15) is 0 Å². The van der Waals surface area contributed by atoms with Crippen molar-refractivity contribution < 1.29 is 4.42 Å². The summed E-state index contributed by atoms with van der Waals surface area (Å²) in [4.78, 5) is 15.9. The number of hydrogen-bond acceptors (Lipinski definition) is 4. The maximum atomic E-state index is 6.65. The molecule has 0 unspecified atom stereocenters. The highest BCUT2D eigenvalue weighted by Gasteiger charge is 2.24. The van der Waals surface area contributed by atoms with Gasteiger partial charge in [0.1, 0.15) is 11.2 Å². The molecule has 13 rings (SSSR count).